The summed E-state index contributed by atoms with van der Waals surface area (Å²) in [5.41, 5.74) is 0.563. The zero-order valence-corrected chi connectivity index (χ0v) is 17.1. The summed E-state index contributed by atoms with van der Waals surface area (Å²) in [6.07, 6.45) is 0. The van der Waals surface area contributed by atoms with E-state index in [1.54, 1.807) is 6.07 Å². The zero-order valence-electron chi connectivity index (χ0n) is 15.4. The number of sulfonamides is 1. The first-order valence-corrected chi connectivity index (χ1v) is 10.8. The highest BCUT2D eigenvalue weighted by Gasteiger charge is 2.26. The summed E-state index contributed by atoms with van der Waals surface area (Å²) in [6.45, 7) is 3.15. The Balaban J connectivity index is 1.77. The minimum atomic E-state index is -3.62. The fraction of sp³-hybridized carbons (Fsp3) is 0.333. The predicted octanol–water partition coefficient (Wildman–Crippen LogP) is 2.12. The Kier molecular flexibility index (Phi) is 6.14. The average molecular weight is 425 g/mol. The second-order valence-corrected chi connectivity index (χ2v) is 9.28. The number of hydrogen-bond donors (Lipinski definition) is 1. The minimum Gasteiger partial charge on any atom is -0.465 e. The van der Waals surface area contributed by atoms with Gasteiger partial charge < -0.3 is 14.8 Å². The van der Waals surface area contributed by atoms with Crippen molar-refractivity contribution >= 4 is 38.2 Å². The van der Waals surface area contributed by atoms with E-state index in [0.29, 0.717) is 31.3 Å². The molecule has 0 radical (unpaired) electrons. The van der Waals surface area contributed by atoms with Gasteiger partial charge in [-0.1, -0.05) is 0 Å². The van der Waals surface area contributed by atoms with Gasteiger partial charge in [-0.15, -0.1) is 11.3 Å². The quantitative estimate of drug-likeness (QED) is 0.738. The third-order valence-electron chi connectivity index (χ3n) is 4.21. The number of esters is 1. The van der Waals surface area contributed by atoms with E-state index >= 15 is 0 Å². The lowest BCUT2D eigenvalue weighted by molar-refractivity contribution is 0.0602. The SMILES string of the molecule is COC(=O)c1cc(C)sc1NC(=O)c1ccc(S(=O)(=O)N2CCOCC2)cc1. The molecule has 1 amide bonds. The lowest BCUT2D eigenvalue weighted by Gasteiger charge is -2.26. The summed E-state index contributed by atoms with van der Waals surface area (Å²) in [5, 5.41) is 3.08. The average Bonchev–Trinajstić information content (AvgIpc) is 3.08. The number of rotatable bonds is 5. The van der Waals surface area contributed by atoms with E-state index in [0.717, 1.165) is 4.88 Å². The standard InChI is InChI=1S/C18H20N2O6S2/c1-12-11-15(18(22)25-2)17(27-12)19-16(21)13-3-5-14(6-4-13)28(23,24)20-7-9-26-10-8-20/h3-6,11H,7-10H2,1-2H3,(H,19,21). The largest absolute Gasteiger partial charge is 0.465 e. The summed E-state index contributed by atoms with van der Waals surface area (Å²) in [6, 6.07) is 7.34. The molecule has 28 heavy (non-hydrogen) atoms. The molecule has 0 unspecified atom stereocenters. The molecule has 1 aliphatic heterocycles. The highest BCUT2D eigenvalue weighted by atomic mass is 32.2. The van der Waals surface area contributed by atoms with E-state index in [9.17, 15) is 18.0 Å². The van der Waals surface area contributed by atoms with E-state index in [1.165, 1.54) is 47.0 Å². The van der Waals surface area contributed by atoms with Crippen molar-refractivity contribution in [2.75, 3.05) is 38.7 Å². The van der Waals surface area contributed by atoms with Crippen LogP contribution in [-0.4, -0.2) is 58.0 Å². The summed E-state index contributed by atoms with van der Waals surface area (Å²) >= 11 is 1.26. The summed E-state index contributed by atoms with van der Waals surface area (Å²) in [4.78, 5) is 25.3. The number of amides is 1. The second kappa shape index (κ2) is 8.39. The molecule has 10 heteroatoms. The third-order valence-corrected chi connectivity index (χ3v) is 7.09. The van der Waals surface area contributed by atoms with Crippen molar-refractivity contribution in [2.24, 2.45) is 0 Å². The lowest BCUT2D eigenvalue weighted by atomic mass is 10.2. The van der Waals surface area contributed by atoms with Crippen molar-refractivity contribution in [3.05, 3.63) is 46.3 Å². The van der Waals surface area contributed by atoms with E-state index < -0.39 is 21.9 Å². The number of morpholine rings is 1. The maximum Gasteiger partial charge on any atom is 0.340 e. The summed E-state index contributed by atoms with van der Waals surface area (Å²) < 4.78 is 36.5. The van der Waals surface area contributed by atoms with Crippen molar-refractivity contribution in [3.63, 3.8) is 0 Å². The van der Waals surface area contributed by atoms with Crippen LogP contribution < -0.4 is 5.32 Å². The predicted molar refractivity (Wildman–Crippen MR) is 104 cm³/mol. The van der Waals surface area contributed by atoms with Gasteiger partial charge in [0, 0.05) is 23.5 Å². The normalized spacial score (nSPS) is 15.2. The highest BCUT2D eigenvalue weighted by molar-refractivity contribution is 7.89. The molecule has 0 aliphatic carbocycles. The number of hydrogen-bond acceptors (Lipinski definition) is 7. The van der Waals surface area contributed by atoms with Gasteiger partial charge in [-0.2, -0.15) is 4.31 Å². The van der Waals surface area contributed by atoms with Crippen LogP contribution in [0.15, 0.2) is 35.2 Å². The van der Waals surface area contributed by atoms with E-state index in [-0.39, 0.29) is 16.0 Å². The number of anilines is 1. The molecule has 1 aliphatic rings. The van der Waals surface area contributed by atoms with Crippen molar-refractivity contribution in [3.8, 4) is 0 Å². The Morgan fingerprint density at radius 2 is 1.82 bits per heavy atom. The topological polar surface area (TPSA) is 102 Å². The second-order valence-electron chi connectivity index (χ2n) is 6.09. The Morgan fingerprint density at radius 3 is 2.43 bits per heavy atom. The van der Waals surface area contributed by atoms with Crippen LogP contribution in [-0.2, 0) is 19.5 Å². The molecular weight excluding hydrogens is 404 g/mol. The van der Waals surface area contributed by atoms with E-state index in [1.807, 2.05) is 6.92 Å². The molecule has 2 heterocycles. The molecule has 0 atom stereocenters. The van der Waals surface area contributed by atoms with Crippen LogP contribution in [0.5, 0.6) is 0 Å². The number of benzene rings is 1. The maximum atomic E-state index is 12.6. The summed E-state index contributed by atoms with van der Waals surface area (Å²) in [7, 11) is -2.35. The molecule has 150 valence electrons. The van der Waals surface area contributed by atoms with Crippen LogP contribution in [0.25, 0.3) is 0 Å². The first kappa shape index (κ1) is 20.5. The number of nitrogens with one attached hydrogen (secondary N) is 1. The molecule has 1 N–H and O–H groups in total. The highest BCUT2D eigenvalue weighted by Crippen LogP contribution is 2.29. The number of carbonyl (C=O) groups is 2. The van der Waals surface area contributed by atoms with Crippen LogP contribution in [0.4, 0.5) is 5.00 Å². The van der Waals surface area contributed by atoms with Gasteiger partial charge in [0.25, 0.3) is 5.91 Å². The van der Waals surface area contributed by atoms with Gasteiger partial charge in [-0.3, -0.25) is 4.79 Å². The molecule has 1 aromatic carbocycles. The number of carbonyl (C=O) groups excluding carboxylic acids is 2. The fourth-order valence-corrected chi connectivity index (χ4v) is 5.06. The molecule has 0 bridgehead atoms. The van der Waals surface area contributed by atoms with Crippen molar-refractivity contribution in [1.29, 1.82) is 0 Å². The number of ether oxygens (including phenoxy) is 2. The van der Waals surface area contributed by atoms with E-state index in [2.05, 4.69) is 5.32 Å². The van der Waals surface area contributed by atoms with Crippen LogP contribution >= 0.6 is 11.3 Å². The van der Waals surface area contributed by atoms with Gasteiger partial charge >= 0.3 is 5.97 Å². The van der Waals surface area contributed by atoms with Crippen molar-refractivity contribution in [1.82, 2.24) is 4.31 Å². The van der Waals surface area contributed by atoms with Gasteiger partial charge in [0.1, 0.15) is 5.00 Å². The molecule has 1 saturated heterocycles. The smallest absolute Gasteiger partial charge is 0.340 e. The number of methoxy groups -OCH3 is 1. The maximum absolute atomic E-state index is 12.6. The molecule has 1 fully saturated rings. The van der Waals surface area contributed by atoms with Crippen molar-refractivity contribution < 1.29 is 27.5 Å². The number of nitrogens with zero attached hydrogens (tertiary/aromatic N) is 1. The third kappa shape index (κ3) is 4.25. The zero-order chi connectivity index (χ0) is 20.3. The van der Waals surface area contributed by atoms with Crippen LogP contribution in [0.1, 0.15) is 25.6 Å². The first-order chi connectivity index (χ1) is 13.3. The monoisotopic (exact) mass is 424 g/mol. The molecule has 0 spiro atoms. The fourth-order valence-electron chi connectivity index (χ4n) is 2.76. The van der Waals surface area contributed by atoms with Crippen LogP contribution in [0.2, 0.25) is 0 Å². The Hall–Kier alpha value is -2.27. The number of aryl methyl sites for hydroxylation is 1. The molecule has 2 aromatic rings. The van der Waals surface area contributed by atoms with Crippen LogP contribution in [0, 0.1) is 6.92 Å². The van der Waals surface area contributed by atoms with Gasteiger partial charge in [-0.05, 0) is 37.3 Å². The molecule has 3 rings (SSSR count). The Labute approximate surface area is 167 Å². The van der Waals surface area contributed by atoms with Crippen molar-refractivity contribution in [2.45, 2.75) is 11.8 Å². The van der Waals surface area contributed by atoms with Crippen LogP contribution in [0.3, 0.4) is 0 Å². The molecule has 1 aromatic heterocycles. The van der Waals surface area contributed by atoms with E-state index in [4.69, 9.17) is 9.47 Å². The van der Waals surface area contributed by atoms with Gasteiger partial charge in [-0.25, -0.2) is 13.2 Å². The molecular formula is C18H20N2O6S2. The molecule has 0 saturated carbocycles. The lowest BCUT2D eigenvalue weighted by Crippen LogP contribution is -2.40. The number of thiophene rings is 1. The molecule has 8 nitrogen and oxygen atoms in total. The Morgan fingerprint density at radius 1 is 1.18 bits per heavy atom. The van der Waals surface area contributed by atoms with Gasteiger partial charge in [0.05, 0.1) is 30.8 Å². The summed E-state index contributed by atoms with van der Waals surface area (Å²) in [5.74, 6) is -0.978. The first-order valence-electron chi connectivity index (χ1n) is 8.51. The Bertz CT molecular complexity index is 976. The van der Waals surface area contributed by atoms with Gasteiger partial charge in [0.15, 0.2) is 0 Å². The van der Waals surface area contributed by atoms with Gasteiger partial charge in [0.2, 0.25) is 10.0 Å². The minimum absolute atomic E-state index is 0.119.